The van der Waals surface area contributed by atoms with Crippen molar-refractivity contribution in [3.63, 3.8) is 0 Å². The van der Waals surface area contributed by atoms with Crippen molar-refractivity contribution in [3.05, 3.63) is 53.6 Å². The van der Waals surface area contributed by atoms with Crippen LogP contribution in [0.2, 0.25) is 0 Å². The molecule has 0 aliphatic rings. The number of hydrogen-bond acceptors (Lipinski definition) is 4. The number of ether oxygens (including phenoxy) is 1. The number of pyridine rings is 1. The number of benzene rings is 1. The summed E-state index contributed by atoms with van der Waals surface area (Å²) in [7, 11) is 1.61. The molecular weight excluding hydrogens is 272 g/mol. The Morgan fingerprint density at radius 1 is 1.20 bits per heavy atom. The zero-order valence-corrected chi connectivity index (χ0v) is 11.6. The summed E-state index contributed by atoms with van der Waals surface area (Å²) in [6, 6.07) is 11.7. The van der Waals surface area contributed by atoms with Gasteiger partial charge in [0.05, 0.1) is 18.9 Å². The van der Waals surface area contributed by atoms with E-state index in [9.17, 15) is 0 Å². The van der Waals surface area contributed by atoms with Crippen molar-refractivity contribution in [1.82, 2.24) is 19.7 Å². The fourth-order valence-corrected chi connectivity index (χ4v) is 2.26. The van der Waals surface area contributed by atoms with Crippen LogP contribution in [0, 0.1) is 4.77 Å². The average Bonchev–Trinajstić information content (AvgIpc) is 2.89. The maximum atomic E-state index is 5.34. The lowest BCUT2D eigenvalue weighted by atomic mass is 10.2. The second kappa shape index (κ2) is 5.26. The number of nitrogens with zero attached hydrogens (tertiary/aromatic N) is 3. The van der Waals surface area contributed by atoms with Gasteiger partial charge in [-0.15, -0.1) is 0 Å². The standard InChI is InChI=1S/C14H12N4OS/c1-19-12-9-15-8-7-11(12)13-16-17-14(20)18(13)10-5-3-2-4-6-10/h2-9H,1H3,(H,17,20). The van der Waals surface area contributed by atoms with E-state index < -0.39 is 0 Å². The summed E-state index contributed by atoms with van der Waals surface area (Å²) in [4.78, 5) is 4.05. The Kier molecular flexibility index (Phi) is 3.30. The zero-order chi connectivity index (χ0) is 13.9. The molecular formula is C14H12N4OS. The molecule has 100 valence electrons. The fraction of sp³-hybridized carbons (Fsp3) is 0.0714. The van der Waals surface area contributed by atoms with Gasteiger partial charge in [0.15, 0.2) is 10.6 Å². The Bertz CT molecular complexity index is 779. The number of methoxy groups -OCH3 is 1. The molecule has 5 nitrogen and oxygen atoms in total. The molecule has 0 amide bonds. The van der Waals surface area contributed by atoms with E-state index in [-0.39, 0.29) is 0 Å². The van der Waals surface area contributed by atoms with Gasteiger partial charge >= 0.3 is 0 Å². The Morgan fingerprint density at radius 3 is 2.75 bits per heavy atom. The number of aromatic amines is 1. The van der Waals surface area contributed by atoms with Gasteiger partial charge in [-0.05, 0) is 30.4 Å². The highest BCUT2D eigenvalue weighted by Gasteiger charge is 2.14. The molecule has 0 radical (unpaired) electrons. The molecule has 20 heavy (non-hydrogen) atoms. The van der Waals surface area contributed by atoms with E-state index in [2.05, 4.69) is 15.2 Å². The van der Waals surface area contributed by atoms with Crippen LogP contribution in [-0.4, -0.2) is 26.9 Å². The maximum Gasteiger partial charge on any atom is 0.200 e. The lowest BCUT2D eigenvalue weighted by molar-refractivity contribution is 0.414. The summed E-state index contributed by atoms with van der Waals surface area (Å²) in [5, 5.41) is 7.13. The van der Waals surface area contributed by atoms with E-state index in [0.29, 0.717) is 16.3 Å². The highest BCUT2D eigenvalue weighted by molar-refractivity contribution is 7.71. The quantitative estimate of drug-likeness (QED) is 0.751. The van der Waals surface area contributed by atoms with E-state index in [0.717, 1.165) is 11.3 Å². The van der Waals surface area contributed by atoms with Gasteiger partial charge in [-0.25, -0.2) is 0 Å². The molecule has 1 N–H and O–H groups in total. The summed E-state index contributed by atoms with van der Waals surface area (Å²) in [6.45, 7) is 0. The molecule has 0 atom stereocenters. The molecule has 0 saturated heterocycles. The van der Waals surface area contributed by atoms with Crippen molar-refractivity contribution < 1.29 is 4.74 Å². The first-order valence-corrected chi connectivity index (χ1v) is 6.43. The molecule has 1 aromatic carbocycles. The molecule has 0 spiro atoms. The third-order valence-electron chi connectivity index (χ3n) is 2.93. The molecule has 0 unspecified atom stereocenters. The van der Waals surface area contributed by atoms with Crippen molar-refractivity contribution in [2.75, 3.05) is 7.11 Å². The smallest absolute Gasteiger partial charge is 0.200 e. The van der Waals surface area contributed by atoms with Gasteiger partial charge in [0.1, 0.15) is 5.75 Å². The SMILES string of the molecule is COc1cnccc1-c1n[nH]c(=S)n1-c1ccccc1. The van der Waals surface area contributed by atoms with Crippen LogP contribution in [0.4, 0.5) is 0 Å². The van der Waals surface area contributed by atoms with Gasteiger partial charge in [0.25, 0.3) is 0 Å². The number of H-pyrrole nitrogens is 1. The number of aromatic nitrogens is 4. The van der Waals surface area contributed by atoms with E-state index in [1.54, 1.807) is 19.5 Å². The summed E-state index contributed by atoms with van der Waals surface area (Å²) in [6.07, 6.45) is 3.35. The first-order chi connectivity index (χ1) is 9.81. The van der Waals surface area contributed by atoms with Crippen molar-refractivity contribution in [2.24, 2.45) is 0 Å². The monoisotopic (exact) mass is 284 g/mol. The summed E-state index contributed by atoms with van der Waals surface area (Å²) < 4.78 is 7.74. The highest BCUT2D eigenvalue weighted by atomic mass is 32.1. The van der Waals surface area contributed by atoms with Crippen LogP contribution in [0.15, 0.2) is 48.8 Å². The van der Waals surface area contributed by atoms with Gasteiger partial charge < -0.3 is 4.74 Å². The van der Waals surface area contributed by atoms with Crippen LogP contribution in [-0.2, 0) is 0 Å². The molecule has 2 aromatic heterocycles. The fourth-order valence-electron chi connectivity index (χ4n) is 2.02. The van der Waals surface area contributed by atoms with Gasteiger partial charge in [-0.2, -0.15) is 5.10 Å². The Balaban J connectivity index is 2.24. The number of nitrogens with one attached hydrogen (secondary N) is 1. The van der Waals surface area contributed by atoms with Gasteiger partial charge in [0.2, 0.25) is 0 Å². The normalized spacial score (nSPS) is 10.4. The minimum absolute atomic E-state index is 0.532. The second-order valence-electron chi connectivity index (χ2n) is 4.10. The molecule has 0 fully saturated rings. The Morgan fingerprint density at radius 2 is 2.00 bits per heavy atom. The van der Waals surface area contributed by atoms with E-state index in [4.69, 9.17) is 17.0 Å². The second-order valence-corrected chi connectivity index (χ2v) is 4.49. The Hall–Kier alpha value is -2.47. The number of rotatable bonds is 3. The average molecular weight is 284 g/mol. The summed E-state index contributed by atoms with van der Waals surface area (Å²) in [5.41, 5.74) is 1.78. The summed E-state index contributed by atoms with van der Waals surface area (Å²) in [5.74, 6) is 1.35. The molecule has 0 bridgehead atoms. The minimum atomic E-state index is 0.532. The van der Waals surface area contributed by atoms with E-state index >= 15 is 0 Å². The molecule has 3 aromatic rings. The minimum Gasteiger partial charge on any atom is -0.494 e. The molecule has 0 aliphatic heterocycles. The maximum absolute atomic E-state index is 5.34. The number of hydrogen-bond donors (Lipinski definition) is 1. The van der Waals surface area contributed by atoms with Crippen molar-refractivity contribution >= 4 is 12.2 Å². The van der Waals surface area contributed by atoms with Crippen molar-refractivity contribution in [3.8, 4) is 22.8 Å². The molecule has 6 heteroatoms. The van der Waals surface area contributed by atoms with Crippen LogP contribution in [0.5, 0.6) is 5.75 Å². The molecule has 0 saturated carbocycles. The topological polar surface area (TPSA) is 55.7 Å². The van der Waals surface area contributed by atoms with Gasteiger partial charge in [-0.1, -0.05) is 18.2 Å². The zero-order valence-electron chi connectivity index (χ0n) is 10.8. The predicted molar refractivity (Wildman–Crippen MR) is 78.5 cm³/mol. The number of para-hydroxylation sites is 1. The molecule has 2 heterocycles. The third-order valence-corrected chi connectivity index (χ3v) is 3.21. The predicted octanol–water partition coefficient (Wildman–Crippen LogP) is 3.00. The van der Waals surface area contributed by atoms with Crippen molar-refractivity contribution in [2.45, 2.75) is 0 Å². The van der Waals surface area contributed by atoms with Crippen LogP contribution >= 0.6 is 12.2 Å². The summed E-state index contributed by atoms with van der Waals surface area (Å²) >= 11 is 5.32. The largest absolute Gasteiger partial charge is 0.494 e. The molecule has 3 rings (SSSR count). The van der Waals surface area contributed by atoms with Crippen LogP contribution in [0.3, 0.4) is 0 Å². The first-order valence-electron chi connectivity index (χ1n) is 6.02. The van der Waals surface area contributed by atoms with Gasteiger partial charge in [-0.3, -0.25) is 14.6 Å². The lowest BCUT2D eigenvalue weighted by Gasteiger charge is -2.09. The van der Waals surface area contributed by atoms with E-state index in [1.807, 2.05) is 41.0 Å². The van der Waals surface area contributed by atoms with Crippen molar-refractivity contribution in [1.29, 1.82) is 0 Å². The highest BCUT2D eigenvalue weighted by Crippen LogP contribution is 2.28. The third kappa shape index (κ3) is 2.10. The Labute approximate surface area is 120 Å². The van der Waals surface area contributed by atoms with Crippen LogP contribution in [0.25, 0.3) is 17.1 Å². The first kappa shape index (κ1) is 12.6. The van der Waals surface area contributed by atoms with Crippen LogP contribution < -0.4 is 4.74 Å². The van der Waals surface area contributed by atoms with Crippen LogP contribution in [0.1, 0.15) is 0 Å². The molecule has 0 aliphatic carbocycles. The van der Waals surface area contributed by atoms with E-state index in [1.165, 1.54) is 0 Å². The lowest BCUT2D eigenvalue weighted by Crippen LogP contribution is -1.99. The van der Waals surface area contributed by atoms with Gasteiger partial charge in [0, 0.05) is 11.9 Å².